The topological polar surface area (TPSA) is 201 Å². The van der Waals surface area contributed by atoms with Gasteiger partial charge in [0.1, 0.15) is 6.10 Å². The first-order valence-electron chi connectivity index (χ1n) is 17.2. The van der Waals surface area contributed by atoms with Crippen molar-refractivity contribution >= 4 is 22.9 Å². The van der Waals surface area contributed by atoms with Crippen LogP contribution in [0.25, 0.3) is 11.3 Å². The Bertz CT molecular complexity index is 1560. The molecule has 47 heavy (non-hydrogen) atoms. The summed E-state index contributed by atoms with van der Waals surface area (Å²) < 4.78 is 14.9. The van der Waals surface area contributed by atoms with Crippen molar-refractivity contribution in [1.82, 2.24) is 49.8 Å². The molecule has 0 spiro atoms. The van der Waals surface area contributed by atoms with Crippen LogP contribution in [-0.4, -0.2) is 82.7 Å². The van der Waals surface area contributed by atoms with E-state index in [2.05, 4.69) is 54.6 Å². The summed E-state index contributed by atoms with van der Waals surface area (Å²) in [5.41, 5.74) is 14.8. The number of nitrogens with zero attached hydrogens (tertiary/aromatic N) is 8. The van der Waals surface area contributed by atoms with Crippen molar-refractivity contribution in [1.29, 1.82) is 0 Å². The molecular weight excluding hydrogens is 600 g/mol. The number of rotatable bonds is 12. The molecule has 0 aromatic carbocycles. The van der Waals surface area contributed by atoms with Gasteiger partial charge in [0.05, 0.1) is 36.0 Å². The van der Waals surface area contributed by atoms with Gasteiger partial charge in [-0.2, -0.15) is 9.97 Å². The number of anilines is 2. The molecule has 4 aromatic rings. The number of fused-ring (bicyclic) bond motifs is 2. The zero-order valence-electron chi connectivity index (χ0n) is 28.2. The lowest BCUT2D eigenvalue weighted by Gasteiger charge is -2.26. The van der Waals surface area contributed by atoms with E-state index in [1.165, 1.54) is 12.8 Å². The Kier molecular flexibility index (Phi) is 12.0. The molecule has 15 heteroatoms. The molecule has 2 saturated heterocycles. The molecule has 15 nitrogen and oxygen atoms in total. The Morgan fingerprint density at radius 1 is 0.809 bits per heavy atom. The van der Waals surface area contributed by atoms with Crippen molar-refractivity contribution in [3.05, 3.63) is 23.8 Å². The van der Waals surface area contributed by atoms with E-state index in [0.717, 1.165) is 76.8 Å². The summed E-state index contributed by atoms with van der Waals surface area (Å²) in [6.07, 6.45) is 12.1. The van der Waals surface area contributed by atoms with Gasteiger partial charge in [-0.1, -0.05) is 26.7 Å². The minimum Gasteiger partial charge on any atom is -0.459 e. The van der Waals surface area contributed by atoms with Crippen LogP contribution >= 0.6 is 0 Å². The minimum atomic E-state index is -0.627. The van der Waals surface area contributed by atoms with Crippen LogP contribution in [0, 0.1) is 11.8 Å². The summed E-state index contributed by atoms with van der Waals surface area (Å²) in [5.74, 6) is 1.48. The van der Waals surface area contributed by atoms with Crippen LogP contribution in [0.15, 0.2) is 12.4 Å². The number of nitrogens with two attached hydrogens (primary N) is 2. The molecule has 2 fully saturated rings. The predicted molar refractivity (Wildman–Crippen MR) is 180 cm³/mol. The molecule has 6 heterocycles. The van der Waals surface area contributed by atoms with Crippen LogP contribution < -0.4 is 31.6 Å². The Hall–Kier alpha value is -3.82. The number of aromatic nitrogens is 8. The summed E-state index contributed by atoms with van der Waals surface area (Å²) in [6.45, 7) is 12.2. The average Bonchev–Trinajstić information content (AvgIpc) is 3.67. The molecule has 0 aliphatic carbocycles. The Balaban J connectivity index is 0.000000185. The number of aliphatic hydroxyl groups excluding tert-OH is 1. The molecule has 0 radical (unpaired) electrons. The number of ether oxygens (including phenoxy) is 2. The smallest absolute Gasteiger partial charge is 0.336 e. The second kappa shape index (κ2) is 16.3. The average molecular weight is 653 g/mol. The minimum absolute atomic E-state index is 0.00756. The maximum absolute atomic E-state index is 10.7. The highest BCUT2D eigenvalue weighted by atomic mass is 16.5. The molecule has 4 aromatic heterocycles. The molecule has 0 saturated carbocycles. The van der Waals surface area contributed by atoms with Gasteiger partial charge in [0.15, 0.2) is 22.9 Å². The second-order valence-electron chi connectivity index (χ2n) is 12.8. The Morgan fingerprint density at radius 3 is 1.89 bits per heavy atom. The van der Waals surface area contributed by atoms with Gasteiger partial charge >= 0.3 is 12.0 Å². The molecule has 6 rings (SSSR count). The van der Waals surface area contributed by atoms with Crippen molar-refractivity contribution in [2.75, 3.05) is 37.6 Å². The highest BCUT2D eigenvalue weighted by molar-refractivity contribution is 5.60. The van der Waals surface area contributed by atoms with E-state index in [9.17, 15) is 5.11 Å². The molecule has 7 N–H and O–H groups in total. The maximum atomic E-state index is 10.7. The molecule has 258 valence electrons. The highest BCUT2D eigenvalue weighted by Crippen LogP contribution is 2.30. The monoisotopic (exact) mass is 652 g/mol. The number of aliphatic hydroxyl groups is 1. The van der Waals surface area contributed by atoms with Crippen molar-refractivity contribution in [3.63, 3.8) is 0 Å². The molecule has 0 bridgehead atoms. The SMILES string of the molecule is CCC[C@H](C)Oc1nc(N)c2ncc(C(O)C3CCNCC3)n2n1.CCC[C@H](C)Oc1nc(N)c2ncc(CC3CCNCC3)n2n1. The third-order valence-electron chi connectivity index (χ3n) is 8.93. The Morgan fingerprint density at radius 2 is 1.32 bits per heavy atom. The summed E-state index contributed by atoms with van der Waals surface area (Å²) in [6, 6.07) is 0.554. The van der Waals surface area contributed by atoms with E-state index in [1.54, 1.807) is 15.2 Å². The van der Waals surface area contributed by atoms with Crippen molar-refractivity contribution < 1.29 is 14.6 Å². The molecular formula is C32H52N12O3. The lowest BCUT2D eigenvalue weighted by atomic mass is 9.91. The van der Waals surface area contributed by atoms with E-state index in [4.69, 9.17) is 20.9 Å². The van der Waals surface area contributed by atoms with Crippen LogP contribution in [0.4, 0.5) is 11.6 Å². The summed E-state index contributed by atoms with van der Waals surface area (Å²) >= 11 is 0. The van der Waals surface area contributed by atoms with Gasteiger partial charge in [-0.05, 0) is 96.8 Å². The number of hydrogen-bond acceptors (Lipinski definition) is 13. The summed E-state index contributed by atoms with van der Waals surface area (Å²) in [4.78, 5) is 17.1. The molecule has 2 aliphatic heterocycles. The number of piperidine rings is 2. The largest absolute Gasteiger partial charge is 0.459 e. The first kappa shape index (κ1) is 34.5. The molecule has 3 atom stereocenters. The zero-order valence-corrected chi connectivity index (χ0v) is 28.2. The lowest BCUT2D eigenvalue weighted by molar-refractivity contribution is 0.0831. The number of nitrogen functional groups attached to an aromatic ring is 2. The number of hydrogen-bond donors (Lipinski definition) is 5. The quantitative estimate of drug-likeness (QED) is 0.150. The van der Waals surface area contributed by atoms with E-state index >= 15 is 0 Å². The fourth-order valence-electron chi connectivity index (χ4n) is 6.34. The third kappa shape index (κ3) is 8.76. The first-order valence-corrected chi connectivity index (χ1v) is 17.2. The van der Waals surface area contributed by atoms with Crippen molar-refractivity contribution in [3.8, 4) is 12.0 Å². The molecule has 2 aliphatic rings. The van der Waals surface area contributed by atoms with E-state index < -0.39 is 6.10 Å². The Labute approximate surface area is 276 Å². The fraction of sp³-hybridized carbons (Fsp3) is 0.688. The van der Waals surface area contributed by atoms with Gasteiger partial charge in [0, 0.05) is 0 Å². The van der Waals surface area contributed by atoms with Gasteiger partial charge in [0.2, 0.25) is 0 Å². The van der Waals surface area contributed by atoms with Gasteiger partial charge < -0.3 is 36.7 Å². The van der Waals surface area contributed by atoms with E-state index in [0.29, 0.717) is 34.7 Å². The van der Waals surface area contributed by atoms with Crippen molar-refractivity contribution in [2.45, 2.75) is 104 Å². The van der Waals surface area contributed by atoms with E-state index in [1.807, 2.05) is 20.0 Å². The van der Waals surface area contributed by atoms with Crippen LogP contribution in [0.1, 0.15) is 96.6 Å². The summed E-state index contributed by atoms with van der Waals surface area (Å²) in [7, 11) is 0. The zero-order chi connectivity index (χ0) is 33.3. The third-order valence-corrected chi connectivity index (χ3v) is 8.93. The predicted octanol–water partition coefficient (Wildman–Crippen LogP) is 3.12. The second-order valence-corrected chi connectivity index (χ2v) is 12.8. The van der Waals surface area contributed by atoms with Gasteiger partial charge in [-0.3, -0.25) is 0 Å². The highest BCUT2D eigenvalue weighted by Gasteiger charge is 2.27. The molecule has 0 amide bonds. The lowest BCUT2D eigenvalue weighted by Crippen LogP contribution is -2.31. The van der Waals surface area contributed by atoms with Gasteiger partial charge in [-0.25, -0.2) is 19.0 Å². The van der Waals surface area contributed by atoms with Crippen LogP contribution in [0.5, 0.6) is 12.0 Å². The first-order chi connectivity index (χ1) is 22.8. The van der Waals surface area contributed by atoms with Crippen molar-refractivity contribution in [2.24, 2.45) is 11.8 Å². The van der Waals surface area contributed by atoms with Crippen LogP contribution in [0.2, 0.25) is 0 Å². The normalized spacial score (nSPS) is 18.1. The maximum Gasteiger partial charge on any atom is 0.336 e. The van der Waals surface area contributed by atoms with Gasteiger partial charge in [-0.15, -0.1) is 10.2 Å². The van der Waals surface area contributed by atoms with Crippen LogP contribution in [0.3, 0.4) is 0 Å². The van der Waals surface area contributed by atoms with E-state index in [-0.39, 0.29) is 30.0 Å². The van der Waals surface area contributed by atoms with Crippen LogP contribution in [-0.2, 0) is 6.42 Å². The number of imidazole rings is 2. The summed E-state index contributed by atoms with van der Waals surface area (Å²) in [5, 5.41) is 26.4. The standard InChI is InChI=1S/C16H26N6O2.C16H26N6O/c1-3-4-10(2)24-16-20-14(17)15-19-9-12(22(15)21-16)13(23)11-5-7-18-8-6-11;1-3-4-11(2)23-16-20-14(17)15-19-10-13(22(15)21-16)9-12-5-7-18-8-6-12/h9-11,13,18,23H,3-8H2,1-2H3,(H2,17,20,21);10-12,18H,3-9H2,1-2H3,(H2,17,20,21)/t10-,13?;11-/m00/s1. The van der Waals surface area contributed by atoms with Gasteiger partial charge in [0.25, 0.3) is 0 Å². The molecule has 1 unspecified atom stereocenters. The fourth-order valence-corrected chi connectivity index (χ4v) is 6.34. The number of nitrogens with one attached hydrogen (secondary N) is 2.